The number of pyridine rings is 2. The van der Waals surface area contributed by atoms with Crippen LogP contribution in [0.2, 0.25) is 0 Å². The van der Waals surface area contributed by atoms with Crippen molar-refractivity contribution < 1.29 is 20.1 Å². The van der Waals surface area contributed by atoms with Crippen molar-refractivity contribution in [2.24, 2.45) is 0 Å². The summed E-state index contributed by atoms with van der Waals surface area (Å²) in [4.78, 5) is 8.90. The molecule has 0 aliphatic heterocycles. The molecule has 0 amide bonds. The Bertz CT molecular complexity index is 1520. The Hall–Kier alpha value is -3.39. The van der Waals surface area contributed by atoms with E-state index in [9.17, 15) is 0 Å². The van der Waals surface area contributed by atoms with Crippen molar-refractivity contribution in [3.8, 4) is 33.6 Å². The molecule has 0 bridgehead atoms. The summed E-state index contributed by atoms with van der Waals surface area (Å²) in [6.07, 6.45) is 1.84. The van der Waals surface area contributed by atoms with E-state index in [2.05, 4.69) is 86.2 Å². The first-order chi connectivity index (χ1) is 17.8. The molecule has 0 spiro atoms. The van der Waals surface area contributed by atoms with Crippen LogP contribution in [0.3, 0.4) is 0 Å². The van der Waals surface area contributed by atoms with Crippen molar-refractivity contribution in [3.63, 3.8) is 0 Å². The summed E-state index contributed by atoms with van der Waals surface area (Å²) in [5, 5.41) is 0. The van der Waals surface area contributed by atoms with Crippen LogP contribution >= 0.6 is 0 Å². The maximum absolute atomic E-state index is 4.49. The van der Waals surface area contributed by atoms with Gasteiger partial charge in [-0.3, -0.25) is 0 Å². The summed E-state index contributed by atoms with van der Waals surface area (Å²) in [6.45, 7) is 11.4. The first-order valence-corrected chi connectivity index (χ1v) is 12.8. The molecule has 5 aromatic rings. The molecule has 2 aromatic heterocycles. The van der Waals surface area contributed by atoms with Gasteiger partial charge < -0.3 is 9.97 Å². The second kappa shape index (κ2) is 11.2. The number of rotatable bonds is 2. The molecule has 6 rings (SSSR count). The van der Waals surface area contributed by atoms with Gasteiger partial charge >= 0.3 is 0 Å². The van der Waals surface area contributed by atoms with Crippen molar-refractivity contribution >= 4 is 0 Å². The van der Waals surface area contributed by atoms with Gasteiger partial charge in [-0.15, -0.1) is 65.2 Å². The van der Waals surface area contributed by atoms with Crippen molar-refractivity contribution in [1.82, 2.24) is 9.97 Å². The average molecular weight is 673 g/mol. The van der Waals surface area contributed by atoms with Gasteiger partial charge in [0.25, 0.3) is 0 Å². The molecular weight excluding hydrogens is 641 g/mol. The molecule has 0 fully saturated rings. The first kappa shape index (κ1) is 27.6. The zero-order chi connectivity index (χ0) is 26.0. The minimum Gasteiger partial charge on any atom is -0.305 e. The van der Waals surface area contributed by atoms with Crippen LogP contribution in [0.1, 0.15) is 44.5 Å². The van der Waals surface area contributed by atoms with Crippen LogP contribution in [0.5, 0.6) is 0 Å². The predicted octanol–water partition coefficient (Wildman–Crippen LogP) is 8.64. The third-order valence-corrected chi connectivity index (χ3v) is 7.89. The van der Waals surface area contributed by atoms with E-state index in [0.717, 1.165) is 28.2 Å². The van der Waals surface area contributed by atoms with E-state index in [1.165, 1.54) is 22.3 Å². The maximum Gasteiger partial charge on any atom is 0.0266 e. The molecule has 0 unspecified atom stereocenters. The standard InChI is InChI=1S/C23H22N.C12H10N.Ir/c1-22(2)19-10-6-5-9-17(19)18-15-16(21-11-7-8-14-24-21)12-13-20(18)23(22,3)4;1-10-6-5-9-12(13-10)11-7-3-2-4-8-11;/h5-11,13-15H,1-4H3;2-7,9H,1H3;/q2*-1;. The molecule has 0 saturated heterocycles. The van der Waals surface area contributed by atoms with E-state index in [0.29, 0.717) is 0 Å². The molecule has 3 aromatic carbocycles. The normalized spacial score (nSPS) is 14.1. The molecule has 1 aliphatic rings. The number of benzene rings is 3. The maximum atomic E-state index is 4.49. The van der Waals surface area contributed by atoms with E-state index < -0.39 is 0 Å². The number of nitrogens with zero attached hydrogens (tertiary/aromatic N) is 2. The third-order valence-electron chi connectivity index (χ3n) is 7.89. The van der Waals surface area contributed by atoms with Gasteiger partial charge in [0.2, 0.25) is 0 Å². The van der Waals surface area contributed by atoms with Crippen LogP contribution in [0, 0.1) is 19.1 Å². The van der Waals surface area contributed by atoms with Gasteiger partial charge in [-0.25, -0.2) is 0 Å². The molecule has 0 atom stereocenters. The summed E-state index contributed by atoms with van der Waals surface area (Å²) in [7, 11) is 0. The Balaban J connectivity index is 0.000000204. The van der Waals surface area contributed by atoms with Gasteiger partial charge in [-0.2, -0.15) is 0 Å². The minimum absolute atomic E-state index is 0. The number of aryl methyl sites for hydroxylation is 1. The van der Waals surface area contributed by atoms with E-state index >= 15 is 0 Å². The van der Waals surface area contributed by atoms with E-state index in [-0.39, 0.29) is 30.9 Å². The Morgan fingerprint density at radius 3 is 2.05 bits per heavy atom. The van der Waals surface area contributed by atoms with Gasteiger partial charge in [-0.05, 0) is 52.4 Å². The van der Waals surface area contributed by atoms with Crippen LogP contribution < -0.4 is 0 Å². The monoisotopic (exact) mass is 673 g/mol. The zero-order valence-electron chi connectivity index (χ0n) is 22.5. The molecule has 2 heterocycles. The molecule has 3 heteroatoms. The number of aromatic nitrogens is 2. The molecule has 1 aliphatic carbocycles. The molecule has 2 nitrogen and oxygen atoms in total. The van der Waals surface area contributed by atoms with Crippen molar-refractivity contribution in [2.75, 3.05) is 0 Å². The van der Waals surface area contributed by atoms with Gasteiger partial charge in [0.1, 0.15) is 0 Å². The summed E-state index contributed by atoms with van der Waals surface area (Å²) < 4.78 is 0. The van der Waals surface area contributed by atoms with Crippen LogP contribution in [0.15, 0.2) is 103 Å². The summed E-state index contributed by atoms with van der Waals surface area (Å²) >= 11 is 0. The Morgan fingerprint density at radius 1 is 0.632 bits per heavy atom. The SMILES string of the molecule is CC1(C)c2c[c-]c(-c3ccccn3)cc2-c2ccccc2C1(C)C.Cc1cccc(-c2[c-]cccc2)n1.[Ir]. The van der Waals surface area contributed by atoms with E-state index in [4.69, 9.17) is 0 Å². The van der Waals surface area contributed by atoms with Crippen molar-refractivity contribution in [2.45, 2.75) is 45.4 Å². The van der Waals surface area contributed by atoms with Crippen LogP contribution in [-0.4, -0.2) is 9.97 Å². The summed E-state index contributed by atoms with van der Waals surface area (Å²) in [6, 6.07) is 39.8. The van der Waals surface area contributed by atoms with Gasteiger partial charge in [0.05, 0.1) is 0 Å². The molecule has 1 radical (unpaired) electrons. The summed E-state index contributed by atoms with van der Waals surface area (Å²) in [5.41, 5.74) is 10.6. The Morgan fingerprint density at radius 2 is 1.34 bits per heavy atom. The fourth-order valence-corrected chi connectivity index (χ4v) is 5.08. The van der Waals surface area contributed by atoms with Crippen molar-refractivity contribution in [1.29, 1.82) is 0 Å². The number of fused-ring (bicyclic) bond motifs is 3. The largest absolute Gasteiger partial charge is 0.305 e. The van der Waals surface area contributed by atoms with Crippen LogP contribution in [-0.2, 0) is 30.9 Å². The molecule has 0 saturated carbocycles. The summed E-state index contributed by atoms with van der Waals surface area (Å²) in [5.74, 6) is 0. The molecule has 193 valence electrons. The number of hydrogen-bond acceptors (Lipinski definition) is 2. The molecule has 0 N–H and O–H groups in total. The zero-order valence-corrected chi connectivity index (χ0v) is 24.9. The Kier molecular flexibility index (Phi) is 8.11. The fourth-order valence-electron chi connectivity index (χ4n) is 5.08. The third kappa shape index (κ3) is 5.14. The van der Waals surface area contributed by atoms with Crippen LogP contribution in [0.25, 0.3) is 33.6 Å². The minimum atomic E-state index is 0. The topological polar surface area (TPSA) is 25.8 Å². The van der Waals surface area contributed by atoms with Gasteiger partial charge in [-0.1, -0.05) is 81.8 Å². The average Bonchev–Trinajstić information content (AvgIpc) is 2.93. The molecule has 38 heavy (non-hydrogen) atoms. The second-order valence-electron chi connectivity index (χ2n) is 10.6. The van der Waals surface area contributed by atoms with Gasteiger partial charge in [0, 0.05) is 32.0 Å². The van der Waals surface area contributed by atoms with E-state index in [1.54, 1.807) is 0 Å². The quantitative estimate of drug-likeness (QED) is 0.176. The second-order valence-corrected chi connectivity index (χ2v) is 10.6. The van der Waals surface area contributed by atoms with Crippen molar-refractivity contribution in [3.05, 3.63) is 132 Å². The molecular formula is C35H32IrN2-2. The smallest absolute Gasteiger partial charge is 0.0266 e. The van der Waals surface area contributed by atoms with Crippen LogP contribution in [0.4, 0.5) is 0 Å². The first-order valence-electron chi connectivity index (χ1n) is 12.8. The fraction of sp³-hybridized carbons (Fsp3) is 0.200. The number of hydrogen-bond donors (Lipinski definition) is 0. The van der Waals surface area contributed by atoms with Gasteiger partial charge in [0.15, 0.2) is 0 Å². The predicted molar refractivity (Wildman–Crippen MR) is 153 cm³/mol. The Labute approximate surface area is 240 Å². The van der Waals surface area contributed by atoms with E-state index in [1.807, 2.05) is 73.8 Å².